The number of benzene rings is 1. The summed E-state index contributed by atoms with van der Waals surface area (Å²) >= 11 is 0. The number of Topliss-reactive ketones (excluding diaryl/α,β-unsaturated/α-hetero) is 1. The molecule has 0 radical (unpaired) electrons. The zero-order chi connectivity index (χ0) is 31.2. The number of likely N-dealkylation sites (tertiary alicyclic amines) is 1. The third-order valence-corrected chi connectivity index (χ3v) is 7.04. The SMILES string of the molecule is CC(C)C[C@@H](CN1CC(=O)C(CNC(=O)[C@H](CC(C)C)NC(=O)OCc2ccncc2)C1)NC(=O)OCc1ccccc1. The number of aromatic nitrogens is 1. The topological polar surface area (TPSA) is 139 Å². The third kappa shape index (κ3) is 12.4. The lowest BCUT2D eigenvalue weighted by Gasteiger charge is -2.25. The molecule has 1 saturated heterocycles. The molecule has 1 unspecified atom stereocenters. The molecule has 1 aromatic carbocycles. The average Bonchev–Trinajstić information content (AvgIpc) is 3.32. The van der Waals surface area contributed by atoms with E-state index in [0.717, 1.165) is 17.5 Å². The molecule has 1 aliphatic heterocycles. The standard InChI is InChI=1S/C32H45N5O6/c1-22(2)14-27(35-31(40)42-20-24-8-6-5-7-9-24)18-37-17-26(29(38)19-37)16-34-30(39)28(15-23(3)4)36-32(41)43-21-25-10-12-33-13-11-25/h5-13,22-23,26-28H,14-21H2,1-4H3,(H,34,39)(H,35,40)(H,36,41)/t26?,27-,28-/m0/s1. The number of carbonyl (C=O) groups excluding carboxylic acids is 4. The first kappa shape index (κ1) is 33.5. The van der Waals surface area contributed by atoms with Crippen LogP contribution in [0.25, 0.3) is 0 Å². The predicted octanol–water partition coefficient (Wildman–Crippen LogP) is 3.68. The molecule has 0 spiro atoms. The molecule has 43 heavy (non-hydrogen) atoms. The number of ether oxygens (including phenoxy) is 2. The second kappa shape index (κ2) is 17.2. The number of rotatable bonds is 15. The van der Waals surface area contributed by atoms with Crippen LogP contribution in [0.2, 0.25) is 0 Å². The van der Waals surface area contributed by atoms with Crippen LogP contribution in [0.1, 0.15) is 51.7 Å². The Balaban J connectivity index is 1.47. The highest BCUT2D eigenvalue weighted by molar-refractivity contribution is 5.88. The van der Waals surface area contributed by atoms with Crippen LogP contribution in [0.3, 0.4) is 0 Å². The highest BCUT2D eigenvalue weighted by Gasteiger charge is 2.33. The third-order valence-electron chi connectivity index (χ3n) is 7.04. The van der Waals surface area contributed by atoms with Crippen LogP contribution in [0, 0.1) is 17.8 Å². The Labute approximate surface area is 254 Å². The van der Waals surface area contributed by atoms with Gasteiger partial charge in [0.25, 0.3) is 0 Å². The Bertz CT molecular complexity index is 1180. The van der Waals surface area contributed by atoms with Crippen LogP contribution >= 0.6 is 0 Å². The molecule has 0 aliphatic carbocycles. The summed E-state index contributed by atoms with van der Waals surface area (Å²) in [6.45, 7) is 9.68. The molecule has 2 aromatic rings. The Morgan fingerprint density at radius 1 is 0.884 bits per heavy atom. The van der Waals surface area contributed by atoms with Crippen molar-refractivity contribution in [2.24, 2.45) is 17.8 Å². The fourth-order valence-corrected chi connectivity index (χ4v) is 5.00. The molecule has 3 amide bonds. The Kier molecular flexibility index (Phi) is 13.4. The van der Waals surface area contributed by atoms with E-state index < -0.39 is 18.2 Å². The zero-order valence-electron chi connectivity index (χ0n) is 25.6. The van der Waals surface area contributed by atoms with Gasteiger partial charge in [-0.15, -0.1) is 0 Å². The Hall–Kier alpha value is -3.99. The fraction of sp³-hybridized carbons (Fsp3) is 0.531. The van der Waals surface area contributed by atoms with Crippen molar-refractivity contribution in [3.8, 4) is 0 Å². The maximum absolute atomic E-state index is 13.0. The number of ketones is 1. The number of pyridine rings is 1. The predicted molar refractivity (Wildman–Crippen MR) is 162 cm³/mol. The molecule has 3 rings (SSSR count). The first-order valence-electron chi connectivity index (χ1n) is 14.9. The van der Waals surface area contributed by atoms with Crippen molar-refractivity contribution in [2.75, 3.05) is 26.2 Å². The van der Waals surface area contributed by atoms with E-state index in [0.29, 0.717) is 25.4 Å². The summed E-state index contributed by atoms with van der Waals surface area (Å²) in [5, 5.41) is 8.47. The minimum Gasteiger partial charge on any atom is -0.445 e. The van der Waals surface area contributed by atoms with E-state index in [9.17, 15) is 19.2 Å². The second-order valence-corrected chi connectivity index (χ2v) is 11.9. The highest BCUT2D eigenvalue weighted by atomic mass is 16.6. The van der Waals surface area contributed by atoms with E-state index >= 15 is 0 Å². The van der Waals surface area contributed by atoms with Crippen LogP contribution in [-0.2, 0) is 32.3 Å². The first-order valence-corrected chi connectivity index (χ1v) is 14.9. The lowest BCUT2D eigenvalue weighted by atomic mass is 10.0. The lowest BCUT2D eigenvalue weighted by molar-refractivity contribution is -0.124. The molecule has 2 heterocycles. The van der Waals surface area contributed by atoms with E-state index in [1.54, 1.807) is 24.5 Å². The molecular weight excluding hydrogens is 550 g/mol. The van der Waals surface area contributed by atoms with Gasteiger partial charge in [0.15, 0.2) is 5.78 Å². The van der Waals surface area contributed by atoms with Gasteiger partial charge in [0.2, 0.25) is 5.91 Å². The molecule has 1 aromatic heterocycles. The van der Waals surface area contributed by atoms with E-state index in [1.807, 2.05) is 49.1 Å². The van der Waals surface area contributed by atoms with Crippen molar-refractivity contribution < 1.29 is 28.7 Å². The number of alkyl carbamates (subject to hydrolysis) is 2. The number of hydrogen-bond acceptors (Lipinski definition) is 8. The smallest absolute Gasteiger partial charge is 0.408 e. The van der Waals surface area contributed by atoms with Gasteiger partial charge >= 0.3 is 12.2 Å². The van der Waals surface area contributed by atoms with Gasteiger partial charge in [0, 0.05) is 44.0 Å². The fourth-order valence-electron chi connectivity index (χ4n) is 5.00. The van der Waals surface area contributed by atoms with Gasteiger partial charge < -0.3 is 25.4 Å². The number of nitrogens with zero attached hydrogens (tertiary/aromatic N) is 2. The first-order chi connectivity index (χ1) is 20.6. The van der Waals surface area contributed by atoms with Crippen molar-refractivity contribution in [1.29, 1.82) is 0 Å². The van der Waals surface area contributed by atoms with Gasteiger partial charge in [-0.05, 0) is 47.9 Å². The monoisotopic (exact) mass is 595 g/mol. The summed E-state index contributed by atoms with van der Waals surface area (Å²) in [7, 11) is 0. The summed E-state index contributed by atoms with van der Waals surface area (Å²) in [4.78, 5) is 56.7. The van der Waals surface area contributed by atoms with Crippen molar-refractivity contribution >= 4 is 23.9 Å². The second-order valence-electron chi connectivity index (χ2n) is 11.9. The van der Waals surface area contributed by atoms with E-state index in [4.69, 9.17) is 9.47 Å². The minimum atomic E-state index is -0.793. The largest absolute Gasteiger partial charge is 0.445 e. The molecule has 11 nitrogen and oxygen atoms in total. The summed E-state index contributed by atoms with van der Waals surface area (Å²) in [5.41, 5.74) is 1.69. The molecule has 234 valence electrons. The summed E-state index contributed by atoms with van der Waals surface area (Å²) in [6, 6.07) is 12.0. The molecule has 11 heteroatoms. The highest BCUT2D eigenvalue weighted by Crippen LogP contribution is 2.16. The number of amides is 3. The average molecular weight is 596 g/mol. The molecule has 1 aliphatic rings. The van der Waals surface area contributed by atoms with Crippen molar-refractivity contribution in [1.82, 2.24) is 25.8 Å². The van der Waals surface area contributed by atoms with Gasteiger partial charge in [-0.25, -0.2) is 9.59 Å². The lowest BCUT2D eigenvalue weighted by Crippen LogP contribution is -2.49. The Morgan fingerprint density at radius 2 is 1.49 bits per heavy atom. The van der Waals surface area contributed by atoms with Gasteiger partial charge in [-0.1, -0.05) is 58.0 Å². The summed E-state index contributed by atoms with van der Waals surface area (Å²) in [6.07, 6.45) is 3.19. The maximum Gasteiger partial charge on any atom is 0.408 e. The Morgan fingerprint density at radius 3 is 2.12 bits per heavy atom. The molecule has 3 N–H and O–H groups in total. The van der Waals surface area contributed by atoms with Crippen molar-refractivity contribution in [2.45, 2.75) is 65.8 Å². The van der Waals surface area contributed by atoms with Gasteiger partial charge in [0.05, 0.1) is 6.54 Å². The normalized spacial score (nSPS) is 16.5. The number of nitrogens with one attached hydrogen (secondary N) is 3. The van der Waals surface area contributed by atoms with Crippen LogP contribution in [0.5, 0.6) is 0 Å². The zero-order valence-corrected chi connectivity index (χ0v) is 25.6. The van der Waals surface area contributed by atoms with Gasteiger partial charge in [-0.2, -0.15) is 0 Å². The van der Waals surface area contributed by atoms with E-state index in [2.05, 4.69) is 34.8 Å². The maximum atomic E-state index is 13.0. The van der Waals surface area contributed by atoms with Gasteiger partial charge in [0.1, 0.15) is 19.3 Å². The minimum absolute atomic E-state index is 0.0281. The van der Waals surface area contributed by atoms with Crippen molar-refractivity contribution in [3.05, 3.63) is 66.0 Å². The summed E-state index contributed by atoms with van der Waals surface area (Å²) < 4.78 is 10.7. The van der Waals surface area contributed by atoms with Crippen LogP contribution < -0.4 is 16.0 Å². The number of hydrogen-bond donors (Lipinski definition) is 3. The van der Waals surface area contributed by atoms with Crippen LogP contribution in [0.15, 0.2) is 54.9 Å². The summed E-state index contributed by atoms with van der Waals surface area (Å²) in [5.74, 6) is -0.243. The van der Waals surface area contributed by atoms with Gasteiger partial charge in [-0.3, -0.25) is 19.5 Å². The molecular formula is C32H45N5O6. The van der Waals surface area contributed by atoms with E-state index in [-0.39, 0.29) is 55.9 Å². The van der Waals surface area contributed by atoms with Crippen molar-refractivity contribution in [3.63, 3.8) is 0 Å². The molecule has 1 fully saturated rings. The molecule has 3 atom stereocenters. The van der Waals surface area contributed by atoms with Crippen LogP contribution in [-0.4, -0.2) is 72.0 Å². The molecule has 0 bridgehead atoms. The number of carbonyl (C=O) groups is 4. The van der Waals surface area contributed by atoms with E-state index in [1.165, 1.54) is 0 Å². The quantitative estimate of drug-likeness (QED) is 0.284. The molecule has 0 saturated carbocycles. The van der Waals surface area contributed by atoms with Crippen LogP contribution in [0.4, 0.5) is 9.59 Å².